The quantitative estimate of drug-likeness (QED) is 0.472. The predicted octanol–water partition coefficient (Wildman–Crippen LogP) is 1.66. The molecule has 0 N–H and O–H groups in total. The van der Waals surface area contributed by atoms with Crippen molar-refractivity contribution >= 4 is 10.2 Å². The summed E-state index contributed by atoms with van der Waals surface area (Å²) in [6.07, 6.45) is 1.79. The van der Waals surface area contributed by atoms with Crippen LogP contribution >= 0.6 is 0 Å². The second-order valence-electron chi connectivity index (χ2n) is 4.26. The lowest BCUT2D eigenvalue weighted by Crippen LogP contribution is -2.48. The third-order valence-corrected chi connectivity index (χ3v) is 4.45. The van der Waals surface area contributed by atoms with E-state index < -0.39 is 0 Å². The smallest absolute Gasteiger partial charge is 0.0659 e. The number of nitrogens with zero attached hydrogens (tertiary/aromatic N) is 2. The first-order valence-electron chi connectivity index (χ1n) is 6.74. The standard InChI is InChI=1S/C13H30N2Si/c1-6-14(7-2)13(10-12(5)11-16)15(8-3)9-4/h11,13H,6-10H2,1-5,16H3. The van der Waals surface area contributed by atoms with Crippen LogP contribution in [0.2, 0.25) is 0 Å². The maximum Gasteiger partial charge on any atom is 0.0659 e. The largest absolute Gasteiger partial charge is 0.288 e. The molecule has 2 nitrogen and oxygen atoms in total. The van der Waals surface area contributed by atoms with Crippen LogP contribution in [-0.4, -0.2) is 52.4 Å². The molecular weight excluding hydrogens is 212 g/mol. The van der Waals surface area contributed by atoms with Gasteiger partial charge in [0.15, 0.2) is 0 Å². The molecule has 96 valence electrons. The van der Waals surface area contributed by atoms with Crippen molar-refractivity contribution < 1.29 is 0 Å². The van der Waals surface area contributed by atoms with Crippen LogP contribution < -0.4 is 0 Å². The van der Waals surface area contributed by atoms with E-state index in [0.29, 0.717) is 6.17 Å². The second-order valence-corrected chi connectivity index (χ2v) is 4.84. The number of rotatable bonds is 8. The summed E-state index contributed by atoms with van der Waals surface area (Å²) < 4.78 is 0. The Bertz CT molecular complexity index is 184. The fraction of sp³-hybridized carbons (Fsp3) is 0.846. The van der Waals surface area contributed by atoms with Crippen LogP contribution in [0.5, 0.6) is 0 Å². The topological polar surface area (TPSA) is 6.48 Å². The molecule has 0 heterocycles. The van der Waals surface area contributed by atoms with Crippen LogP contribution in [0.3, 0.4) is 0 Å². The number of hydrogen-bond acceptors (Lipinski definition) is 2. The van der Waals surface area contributed by atoms with Crippen molar-refractivity contribution in [3.63, 3.8) is 0 Å². The van der Waals surface area contributed by atoms with Gasteiger partial charge in [-0.05, 0) is 39.5 Å². The summed E-state index contributed by atoms with van der Waals surface area (Å²) in [5.74, 6) is 0. The van der Waals surface area contributed by atoms with Gasteiger partial charge in [0.1, 0.15) is 0 Å². The first kappa shape index (κ1) is 15.9. The fourth-order valence-electron chi connectivity index (χ4n) is 2.19. The molecule has 0 spiro atoms. The van der Waals surface area contributed by atoms with E-state index in [1.807, 2.05) is 0 Å². The predicted molar refractivity (Wildman–Crippen MR) is 77.9 cm³/mol. The molecule has 0 aromatic carbocycles. The van der Waals surface area contributed by atoms with Gasteiger partial charge in [-0.25, -0.2) is 0 Å². The second kappa shape index (κ2) is 8.96. The zero-order valence-electron chi connectivity index (χ0n) is 12.1. The minimum absolute atomic E-state index is 0.593. The van der Waals surface area contributed by atoms with Gasteiger partial charge in [-0.2, -0.15) is 0 Å². The molecule has 0 atom stereocenters. The summed E-state index contributed by atoms with van der Waals surface area (Å²) >= 11 is 0. The highest BCUT2D eigenvalue weighted by Gasteiger charge is 2.20. The van der Waals surface area contributed by atoms with E-state index >= 15 is 0 Å². The lowest BCUT2D eigenvalue weighted by molar-refractivity contribution is 0.0570. The van der Waals surface area contributed by atoms with Crippen LogP contribution in [0.25, 0.3) is 0 Å². The first-order valence-corrected chi connectivity index (χ1v) is 7.89. The molecule has 0 saturated heterocycles. The summed E-state index contributed by atoms with van der Waals surface area (Å²) in [4.78, 5) is 5.14. The van der Waals surface area contributed by atoms with Gasteiger partial charge in [-0.15, -0.1) is 5.70 Å². The molecule has 0 bridgehead atoms. The van der Waals surface area contributed by atoms with Crippen molar-refractivity contribution in [1.82, 2.24) is 9.80 Å². The Morgan fingerprint density at radius 3 is 1.62 bits per heavy atom. The fourth-order valence-corrected chi connectivity index (χ4v) is 2.42. The van der Waals surface area contributed by atoms with Gasteiger partial charge < -0.3 is 0 Å². The van der Waals surface area contributed by atoms with Gasteiger partial charge in [0.2, 0.25) is 0 Å². The third-order valence-electron chi connectivity index (χ3n) is 3.47. The molecule has 3 heteroatoms. The Hall–Kier alpha value is -0.123. The van der Waals surface area contributed by atoms with Crippen LogP contribution in [0, 0.1) is 0 Å². The van der Waals surface area contributed by atoms with Crippen molar-refractivity contribution in [3.8, 4) is 0 Å². The van der Waals surface area contributed by atoms with Gasteiger partial charge in [-0.1, -0.05) is 33.3 Å². The molecule has 0 aromatic rings. The molecule has 0 aromatic heterocycles. The number of hydrogen-bond donors (Lipinski definition) is 0. The first-order chi connectivity index (χ1) is 7.64. The maximum absolute atomic E-state index is 2.57. The summed E-state index contributed by atoms with van der Waals surface area (Å²) in [7, 11) is 1.18. The van der Waals surface area contributed by atoms with Crippen LogP contribution in [-0.2, 0) is 0 Å². The molecule has 0 radical (unpaired) electrons. The van der Waals surface area contributed by atoms with E-state index in [9.17, 15) is 0 Å². The SMILES string of the molecule is CCN(CC)C(CC(C)=C[SiH3])N(CC)CC. The summed E-state index contributed by atoms with van der Waals surface area (Å²) in [6, 6.07) is 0. The lowest BCUT2D eigenvalue weighted by Gasteiger charge is -2.38. The van der Waals surface area contributed by atoms with Gasteiger partial charge in [0.05, 0.1) is 6.17 Å². The highest BCUT2D eigenvalue weighted by atomic mass is 28.1. The molecule has 0 saturated carbocycles. The van der Waals surface area contributed by atoms with Gasteiger partial charge in [-0.3, -0.25) is 9.80 Å². The van der Waals surface area contributed by atoms with E-state index in [1.54, 1.807) is 5.57 Å². The van der Waals surface area contributed by atoms with E-state index in [1.165, 1.54) is 16.7 Å². The maximum atomic E-state index is 2.57. The third kappa shape index (κ3) is 4.81. The Balaban J connectivity index is 4.72. The van der Waals surface area contributed by atoms with Crippen molar-refractivity contribution in [3.05, 3.63) is 11.3 Å². The molecule has 16 heavy (non-hydrogen) atoms. The normalized spacial score (nSPS) is 13.4. The zero-order valence-corrected chi connectivity index (χ0v) is 14.1. The molecule has 0 rings (SSSR count). The molecule has 0 aliphatic rings. The summed E-state index contributed by atoms with van der Waals surface area (Å²) in [6.45, 7) is 15.9. The minimum Gasteiger partial charge on any atom is -0.288 e. The van der Waals surface area contributed by atoms with Gasteiger partial charge in [0.25, 0.3) is 0 Å². The Labute approximate surface area is 105 Å². The Morgan fingerprint density at radius 2 is 1.38 bits per heavy atom. The van der Waals surface area contributed by atoms with E-state index in [2.05, 4.69) is 50.1 Å². The van der Waals surface area contributed by atoms with Gasteiger partial charge >= 0.3 is 0 Å². The average molecular weight is 242 g/mol. The average Bonchev–Trinajstić information content (AvgIpc) is 2.31. The van der Waals surface area contributed by atoms with Crippen molar-refractivity contribution in [1.29, 1.82) is 0 Å². The highest BCUT2D eigenvalue weighted by molar-refractivity contribution is 6.17. The minimum atomic E-state index is 0.593. The molecule has 0 amide bonds. The molecule has 0 aliphatic heterocycles. The summed E-state index contributed by atoms with van der Waals surface area (Å²) in [5.41, 5.74) is 3.93. The Morgan fingerprint density at radius 1 is 1.00 bits per heavy atom. The van der Waals surface area contributed by atoms with Crippen molar-refractivity contribution in [2.24, 2.45) is 0 Å². The van der Waals surface area contributed by atoms with Crippen LogP contribution in [0.1, 0.15) is 41.0 Å². The van der Waals surface area contributed by atoms with Crippen molar-refractivity contribution in [2.45, 2.75) is 47.2 Å². The zero-order chi connectivity index (χ0) is 12.6. The van der Waals surface area contributed by atoms with Crippen molar-refractivity contribution in [2.75, 3.05) is 26.2 Å². The van der Waals surface area contributed by atoms with E-state index in [-0.39, 0.29) is 0 Å². The highest BCUT2D eigenvalue weighted by Crippen LogP contribution is 2.15. The molecule has 0 fully saturated rings. The monoisotopic (exact) mass is 242 g/mol. The van der Waals surface area contributed by atoms with Gasteiger partial charge in [0, 0.05) is 10.2 Å². The van der Waals surface area contributed by atoms with E-state index in [4.69, 9.17) is 0 Å². The Kier molecular flexibility index (Phi) is 8.90. The van der Waals surface area contributed by atoms with Crippen LogP contribution in [0.4, 0.5) is 0 Å². The molecule has 0 aliphatic carbocycles. The molecular formula is C13H30N2Si. The molecule has 0 unspecified atom stereocenters. The van der Waals surface area contributed by atoms with Crippen LogP contribution in [0.15, 0.2) is 11.3 Å². The lowest BCUT2D eigenvalue weighted by atomic mass is 10.1. The summed E-state index contributed by atoms with van der Waals surface area (Å²) in [5, 5.41) is 0. The van der Waals surface area contributed by atoms with E-state index in [0.717, 1.165) is 26.2 Å².